The van der Waals surface area contributed by atoms with E-state index in [1.165, 1.54) is 6.07 Å². The van der Waals surface area contributed by atoms with E-state index >= 15 is 0 Å². The van der Waals surface area contributed by atoms with Crippen LogP contribution in [0, 0.1) is 16.0 Å². The molecule has 1 aliphatic rings. The number of hydrogen-bond acceptors (Lipinski definition) is 5. The molecule has 104 valence electrons. The number of ether oxygens (including phenoxy) is 1. The number of nitro groups is 1. The van der Waals surface area contributed by atoms with Gasteiger partial charge < -0.3 is 14.7 Å². The van der Waals surface area contributed by atoms with Gasteiger partial charge in [0.1, 0.15) is 0 Å². The first kappa shape index (κ1) is 13.6. The Hall–Kier alpha value is -1.82. The van der Waals surface area contributed by atoms with Crippen LogP contribution in [0.15, 0.2) is 18.2 Å². The van der Waals surface area contributed by atoms with Gasteiger partial charge in [-0.05, 0) is 19.9 Å². The zero-order chi connectivity index (χ0) is 14.0. The third kappa shape index (κ3) is 2.96. The van der Waals surface area contributed by atoms with E-state index in [0.717, 1.165) is 18.8 Å². The lowest BCUT2D eigenvalue weighted by Gasteiger charge is -2.40. The van der Waals surface area contributed by atoms with Crippen molar-refractivity contribution in [3.05, 3.63) is 28.3 Å². The second-order valence-corrected chi connectivity index (χ2v) is 5.03. The summed E-state index contributed by atoms with van der Waals surface area (Å²) >= 11 is 0. The standard InChI is InChI=1S/C13H18N2O4/c1-9(2)19-13-5-11(3-4-12(13)15(17)18)14-6-10(7-14)8-16/h3-5,9-10,16H,6-8H2,1-2H3. The van der Waals surface area contributed by atoms with E-state index in [4.69, 9.17) is 9.84 Å². The molecule has 1 aromatic rings. The first-order valence-electron chi connectivity index (χ1n) is 6.32. The van der Waals surface area contributed by atoms with Crippen molar-refractivity contribution in [1.82, 2.24) is 0 Å². The van der Waals surface area contributed by atoms with E-state index in [1.54, 1.807) is 12.1 Å². The molecule has 0 aliphatic carbocycles. The van der Waals surface area contributed by atoms with Crippen LogP contribution < -0.4 is 9.64 Å². The Bertz CT molecular complexity index is 470. The monoisotopic (exact) mass is 266 g/mol. The number of anilines is 1. The van der Waals surface area contributed by atoms with Crippen molar-refractivity contribution in [2.24, 2.45) is 5.92 Å². The molecule has 1 heterocycles. The summed E-state index contributed by atoms with van der Waals surface area (Å²) in [5.74, 6) is 0.592. The van der Waals surface area contributed by atoms with Gasteiger partial charge in [-0.3, -0.25) is 10.1 Å². The van der Waals surface area contributed by atoms with Crippen molar-refractivity contribution >= 4 is 11.4 Å². The maximum atomic E-state index is 10.9. The molecule has 0 spiro atoms. The third-order valence-electron chi connectivity index (χ3n) is 3.08. The van der Waals surface area contributed by atoms with Crippen LogP contribution >= 0.6 is 0 Å². The third-order valence-corrected chi connectivity index (χ3v) is 3.08. The van der Waals surface area contributed by atoms with E-state index in [0.29, 0.717) is 11.7 Å². The highest BCUT2D eigenvalue weighted by molar-refractivity contribution is 5.60. The first-order valence-corrected chi connectivity index (χ1v) is 6.32. The summed E-state index contributed by atoms with van der Waals surface area (Å²) < 4.78 is 5.50. The molecule has 1 saturated heterocycles. The van der Waals surface area contributed by atoms with Gasteiger partial charge in [-0.15, -0.1) is 0 Å². The molecule has 0 radical (unpaired) electrons. The molecule has 0 aromatic heterocycles. The van der Waals surface area contributed by atoms with Crippen LogP contribution in [0.3, 0.4) is 0 Å². The van der Waals surface area contributed by atoms with Gasteiger partial charge in [-0.1, -0.05) is 0 Å². The van der Waals surface area contributed by atoms with Gasteiger partial charge in [0.05, 0.1) is 11.0 Å². The van der Waals surface area contributed by atoms with Crippen molar-refractivity contribution in [2.75, 3.05) is 24.6 Å². The minimum Gasteiger partial charge on any atom is -0.484 e. The van der Waals surface area contributed by atoms with Gasteiger partial charge >= 0.3 is 5.69 Å². The predicted octanol–water partition coefficient (Wildman–Crippen LogP) is 1.81. The van der Waals surface area contributed by atoms with Gasteiger partial charge in [0, 0.05) is 43.4 Å². The highest BCUT2D eigenvalue weighted by Crippen LogP contribution is 2.34. The Morgan fingerprint density at radius 3 is 2.74 bits per heavy atom. The Labute approximate surface area is 111 Å². The number of benzene rings is 1. The number of hydrogen-bond donors (Lipinski definition) is 1. The molecule has 1 aliphatic heterocycles. The zero-order valence-corrected chi connectivity index (χ0v) is 11.1. The molecule has 1 aromatic carbocycles. The molecule has 0 bridgehead atoms. The Morgan fingerprint density at radius 1 is 1.53 bits per heavy atom. The minimum absolute atomic E-state index is 0.0170. The summed E-state index contributed by atoms with van der Waals surface area (Å²) in [7, 11) is 0. The number of nitro benzene ring substituents is 1. The second-order valence-electron chi connectivity index (χ2n) is 5.03. The van der Waals surface area contributed by atoms with Gasteiger partial charge in [-0.25, -0.2) is 0 Å². The summed E-state index contributed by atoms with van der Waals surface area (Å²) in [4.78, 5) is 12.6. The smallest absolute Gasteiger partial charge is 0.311 e. The average molecular weight is 266 g/mol. The number of nitrogens with zero attached hydrogens (tertiary/aromatic N) is 2. The molecule has 6 heteroatoms. The summed E-state index contributed by atoms with van der Waals surface area (Å²) in [6.07, 6.45) is -0.115. The topological polar surface area (TPSA) is 75.8 Å². The molecular weight excluding hydrogens is 248 g/mol. The molecule has 0 unspecified atom stereocenters. The first-order chi connectivity index (χ1) is 9.01. The van der Waals surface area contributed by atoms with E-state index in [2.05, 4.69) is 4.90 Å². The van der Waals surface area contributed by atoms with Gasteiger partial charge in [0.2, 0.25) is 0 Å². The lowest BCUT2D eigenvalue weighted by atomic mass is 10.0. The zero-order valence-electron chi connectivity index (χ0n) is 11.1. The highest BCUT2D eigenvalue weighted by Gasteiger charge is 2.27. The van der Waals surface area contributed by atoms with Crippen LogP contribution in [0.1, 0.15) is 13.8 Å². The molecule has 1 N–H and O–H groups in total. The molecule has 1 fully saturated rings. The number of aliphatic hydroxyl groups excluding tert-OH is 1. The van der Waals surface area contributed by atoms with Crippen molar-refractivity contribution in [3.63, 3.8) is 0 Å². The number of rotatable bonds is 5. The molecule has 0 saturated carbocycles. The van der Waals surface area contributed by atoms with Crippen LogP contribution in [-0.2, 0) is 0 Å². The van der Waals surface area contributed by atoms with Crippen molar-refractivity contribution in [2.45, 2.75) is 20.0 Å². The van der Waals surface area contributed by atoms with Crippen LogP contribution in [0.4, 0.5) is 11.4 Å². The SMILES string of the molecule is CC(C)Oc1cc(N2CC(CO)C2)ccc1[N+](=O)[O-]. The van der Waals surface area contributed by atoms with Gasteiger partial charge in [0.25, 0.3) is 0 Å². The van der Waals surface area contributed by atoms with Crippen LogP contribution in [0.2, 0.25) is 0 Å². The Morgan fingerprint density at radius 2 is 2.21 bits per heavy atom. The Kier molecular flexibility index (Phi) is 3.90. The minimum atomic E-state index is -0.436. The summed E-state index contributed by atoms with van der Waals surface area (Å²) in [5, 5.41) is 19.9. The molecular formula is C13H18N2O4. The summed E-state index contributed by atoms with van der Waals surface area (Å²) in [6, 6.07) is 4.89. The van der Waals surface area contributed by atoms with Crippen molar-refractivity contribution < 1.29 is 14.8 Å². The normalized spacial score (nSPS) is 15.5. The maximum absolute atomic E-state index is 10.9. The van der Waals surface area contributed by atoms with E-state index in [9.17, 15) is 10.1 Å². The van der Waals surface area contributed by atoms with Gasteiger partial charge in [0.15, 0.2) is 5.75 Å². The fourth-order valence-electron chi connectivity index (χ4n) is 2.09. The largest absolute Gasteiger partial charge is 0.484 e. The summed E-state index contributed by atoms with van der Waals surface area (Å²) in [5.41, 5.74) is 0.877. The lowest BCUT2D eigenvalue weighted by molar-refractivity contribution is -0.386. The predicted molar refractivity (Wildman–Crippen MR) is 71.6 cm³/mol. The lowest BCUT2D eigenvalue weighted by Crippen LogP contribution is -2.48. The van der Waals surface area contributed by atoms with Crippen LogP contribution in [-0.4, -0.2) is 35.8 Å². The highest BCUT2D eigenvalue weighted by atomic mass is 16.6. The van der Waals surface area contributed by atoms with Gasteiger partial charge in [-0.2, -0.15) is 0 Å². The fraction of sp³-hybridized carbons (Fsp3) is 0.538. The van der Waals surface area contributed by atoms with E-state index in [1.807, 2.05) is 13.8 Å². The molecule has 2 rings (SSSR count). The van der Waals surface area contributed by atoms with E-state index < -0.39 is 4.92 Å². The molecule has 6 nitrogen and oxygen atoms in total. The summed E-state index contributed by atoms with van der Waals surface area (Å²) in [6.45, 7) is 5.40. The van der Waals surface area contributed by atoms with Crippen LogP contribution in [0.5, 0.6) is 5.75 Å². The number of aliphatic hydroxyl groups is 1. The van der Waals surface area contributed by atoms with Crippen molar-refractivity contribution in [3.8, 4) is 5.75 Å². The second kappa shape index (κ2) is 5.44. The molecule has 0 atom stereocenters. The quantitative estimate of drug-likeness (QED) is 0.649. The van der Waals surface area contributed by atoms with Crippen molar-refractivity contribution in [1.29, 1.82) is 0 Å². The van der Waals surface area contributed by atoms with E-state index in [-0.39, 0.29) is 18.4 Å². The maximum Gasteiger partial charge on any atom is 0.311 e. The molecule has 19 heavy (non-hydrogen) atoms. The van der Waals surface area contributed by atoms with Crippen LogP contribution in [0.25, 0.3) is 0 Å². The fourth-order valence-corrected chi connectivity index (χ4v) is 2.09. The molecule has 0 amide bonds. The Balaban J connectivity index is 2.21. The average Bonchev–Trinajstić information content (AvgIpc) is 2.26.